The van der Waals surface area contributed by atoms with Crippen molar-refractivity contribution < 1.29 is 5.11 Å². The molecule has 5 N–H and O–H groups in total. The van der Waals surface area contributed by atoms with E-state index in [4.69, 9.17) is 11.5 Å². The molecule has 0 radical (unpaired) electrons. The minimum absolute atomic E-state index is 0.0235. The average Bonchev–Trinajstić information content (AvgIpc) is 2.24. The molecule has 0 unspecified atom stereocenters. The lowest BCUT2D eigenvalue weighted by molar-refractivity contribution is 0.230. The smallest absolute Gasteiger partial charge is 0.192 e. The molecule has 0 aliphatic rings. The van der Waals surface area contributed by atoms with Crippen LogP contribution in [0.5, 0.6) is 0 Å². The molecule has 17 heavy (non-hydrogen) atoms. The number of amidine groups is 1. The van der Waals surface area contributed by atoms with Gasteiger partial charge in [0.05, 0.1) is 6.54 Å². The van der Waals surface area contributed by atoms with Gasteiger partial charge >= 0.3 is 0 Å². The van der Waals surface area contributed by atoms with Crippen molar-refractivity contribution in [3.63, 3.8) is 0 Å². The summed E-state index contributed by atoms with van der Waals surface area (Å²) in [4.78, 5) is 9.84. The number of hydrogen-bond donors (Lipinski definition) is 3. The standard InChI is InChI=1S/C10H18IN5O/c1-4-16(8(3)17)6-7(2)14-10(11)15-9(13)5-12/h5,17H,3-4,6,12-13H2,1-2H3/b9-5+,14-7?,15-10?. The highest BCUT2D eigenvalue weighted by molar-refractivity contribution is 14.1. The van der Waals surface area contributed by atoms with E-state index in [-0.39, 0.29) is 11.7 Å². The van der Waals surface area contributed by atoms with Gasteiger partial charge in [-0.3, -0.25) is 0 Å². The fourth-order valence-corrected chi connectivity index (χ4v) is 1.71. The molecule has 0 saturated heterocycles. The van der Waals surface area contributed by atoms with E-state index in [2.05, 4.69) is 16.6 Å². The Kier molecular flexibility index (Phi) is 7.35. The van der Waals surface area contributed by atoms with Gasteiger partial charge in [0.25, 0.3) is 0 Å². The van der Waals surface area contributed by atoms with Gasteiger partial charge < -0.3 is 21.5 Å². The van der Waals surface area contributed by atoms with Gasteiger partial charge in [-0.1, -0.05) is 0 Å². The summed E-state index contributed by atoms with van der Waals surface area (Å²) < 4.78 is 0.485. The molecule has 0 rings (SSSR count). The zero-order valence-electron chi connectivity index (χ0n) is 10.0. The fourth-order valence-electron chi connectivity index (χ4n) is 1.02. The lowest BCUT2D eigenvalue weighted by atomic mass is 10.4. The van der Waals surface area contributed by atoms with Crippen LogP contribution in [-0.4, -0.2) is 32.6 Å². The van der Waals surface area contributed by atoms with Gasteiger partial charge in [-0.25, -0.2) is 9.98 Å². The number of aliphatic hydroxyl groups excluding tert-OH is 1. The van der Waals surface area contributed by atoms with Crippen LogP contribution in [0.15, 0.2) is 34.5 Å². The van der Waals surface area contributed by atoms with Crippen LogP contribution in [0.3, 0.4) is 0 Å². The summed E-state index contributed by atoms with van der Waals surface area (Å²) in [6.45, 7) is 8.36. The van der Waals surface area contributed by atoms with Crippen LogP contribution in [0.2, 0.25) is 0 Å². The number of aliphatic imine (C=N–C) groups is 2. The van der Waals surface area contributed by atoms with Crippen molar-refractivity contribution in [2.75, 3.05) is 13.1 Å². The van der Waals surface area contributed by atoms with E-state index in [1.807, 2.05) is 36.4 Å². The summed E-state index contributed by atoms with van der Waals surface area (Å²) in [5, 5.41) is 9.28. The van der Waals surface area contributed by atoms with Crippen LogP contribution < -0.4 is 11.5 Å². The van der Waals surface area contributed by atoms with E-state index in [0.717, 1.165) is 5.71 Å². The molecule has 0 aliphatic heterocycles. The zero-order valence-corrected chi connectivity index (χ0v) is 12.2. The first kappa shape index (κ1) is 15.8. The molecule has 96 valence electrons. The van der Waals surface area contributed by atoms with Crippen molar-refractivity contribution in [1.82, 2.24) is 4.90 Å². The summed E-state index contributed by atoms with van der Waals surface area (Å²) in [6, 6.07) is 0. The summed E-state index contributed by atoms with van der Waals surface area (Å²) in [5.41, 5.74) is 11.4. The number of hydrogen-bond acceptors (Lipinski definition) is 5. The highest BCUT2D eigenvalue weighted by atomic mass is 127. The van der Waals surface area contributed by atoms with Gasteiger partial charge in [-0.05, 0) is 20.4 Å². The molecule has 0 aromatic heterocycles. The first-order chi connectivity index (χ1) is 7.90. The van der Waals surface area contributed by atoms with Crippen molar-refractivity contribution in [1.29, 1.82) is 0 Å². The molecule has 0 fully saturated rings. The molecule has 0 bridgehead atoms. The molecule has 0 saturated carbocycles. The van der Waals surface area contributed by atoms with Crippen molar-refractivity contribution in [3.8, 4) is 0 Å². The maximum absolute atomic E-state index is 9.28. The Morgan fingerprint density at radius 1 is 1.53 bits per heavy atom. The zero-order chi connectivity index (χ0) is 13.4. The fraction of sp³-hybridized carbons (Fsp3) is 0.400. The topological polar surface area (TPSA) is 100 Å². The summed E-state index contributed by atoms with van der Waals surface area (Å²) in [5.74, 6) is 0.236. The maximum atomic E-state index is 9.28. The third kappa shape index (κ3) is 6.82. The van der Waals surface area contributed by atoms with E-state index in [1.54, 1.807) is 4.90 Å². The second-order valence-electron chi connectivity index (χ2n) is 3.25. The van der Waals surface area contributed by atoms with Gasteiger partial charge in [-0.2, -0.15) is 0 Å². The van der Waals surface area contributed by atoms with E-state index in [1.165, 1.54) is 6.20 Å². The Hall–Kier alpha value is -1.25. The molecule has 0 aromatic rings. The summed E-state index contributed by atoms with van der Waals surface area (Å²) in [6.07, 6.45) is 1.21. The van der Waals surface area contributed by atoms with Crippen molar-refractivity contribution in [2.45, 2.75) is 13.8 Å². The summed E-state index contributed by atoms with van der Waals surface area (Å²) in [7, 11) is 0. The number of nitrogens with two attached hydrogens (primary N) is 2. The van der Waals surface area contributed by atoms with E-state index < -0.39 is 0 Å². The highest BCUT2D eigenvalue weighted by Crippen LogP contribution is 2.01. The van der Waals surface area contributed by atoms with Crippen LogP contribution in [0.1, 0.15) is 13.8 Å². The van der Waals surface area contributed by atoms with E-state index >= 15 is 0 Å². The van der Waals surface area contributed by atoms with Crippen LogP contribution in [0.4, 0.5) is 0 Å². The molecule has 0 aliphatic carbocycles. The van der Waals surface area contributed by atoms with Crippen molar-refractivity contribution in [3.05, 3.63) is 24.5 Å². The lowest BCUT2D eigenvalue weighted by Crippen LogP contribution is -2.27. The SMILES string of the molecule is C=C(O)N(CC)CC(C)=NC(I)=N/C(N)=C/N. The van der Waals surface area contributed by atoms with E-state index in [9.17, 15) is 5.11 Å². The van der Waals surface area contributed by atoms with Crippen molar-refractivity contribution in [2.24, 2.45) is 21.5 Å². The Bertz CT molecular complexity index is 362. The molecular weight excluding hydrogens is 333 g/mol. The molecule has 7 heteroatoms. The number of halogens is 1. The molecular formula is C10H18IN5O. The molecule has 0 amide bonds. The Balaban J connectivity index is 4.65. The maximum Gasteiger partial charge on any atom is 0.192 e. The van der Waals surface area contributed by atoms with Gasteiger partial charge in [0, 0.05) is 41.0 Å². The van der Waals surface area contributed by atoms with Crippen LogP contribution in [0.25, 0.3) is 0 Å². The van der Waals surface area contributed by atoms with Crippen molar-refractivity contribution >= 4 is 32.1 Å². The Morgan fingerprint density at radius 3 is 2.53 bits per heavy atom. The van der Waals surface area contributed by atoms with Crippen LogP contribution in [-0.2, 0) is 0 Å². The van der Waals surface area contributed by atoms with E-state index in [0.29, 0.717) is 16.9 Å². The van der Waals surface area contributed by atoms with Gasteiger partial charge in [-0.15, -0.1) is 0 Å². The molecule has 0 atom stereocenters. The van der Waals surface area contributed by atoms with Crippen LogP contribution >= 0.6 is 22.6 Å². The molecule has 6 nitrogen and oxygen atoms in total. The Morgan fingerprint density at radius 2 is 2.12 bits per heavy atom. The number of aliphatic hydroxyl groups is 1. The average molecular weight is 351 g/mol. The number of nitrogens with zero attached hydrogens (tertiary/aromatic N) is 3. The van der Waals surface area contributed by atoms with Gasteiger partial charge in [0.15, 0.2) is 9.73 Å². The minimum Gasteiger partial charge on any atom is -0.495 e. The quantitative estimate of drug-likeness (QED) is 0.229. The summed E-state index contributed by atoms with van der Waals surface area (Å²) >= 11 is 1.95. The third-order valence-corrected chi connectivity index (χ3v) is 2.32. The first-order valence-corrected chi connectivity index (χ1v) is 6.07. The second kappa shape index (κ2) is 7.93. The first-order valence-electron chi connectivity index (χ1n) is 4.99. The monoisotopic (exact) mass is 351 g/mol. The third-order valence-electron chi connectivity index (χ3n) is 1.84. The number of rotatable bonds is 5. The van der Waals surface area contributed by atoms with Gasteiger partial charge in [0.1, 0.15) is 5.82 Å². The van der Waals surface area contributed by atoms with Crippen LogP contribution in [0, 0.1) is 0 Å². The van der Waals surface area contributed by atoms with Gasteiger partial charge in [0.2, 0.25) is 0 Å². The largest absolute Gasteiger partial charge is 0.495 e. The predicted molar refractivity (Wildman–Crippen MR) is 80.0 cm³/mol. The second-order valence-corrected chi connectivity index (χ2v) is 4.21. The normalized spacial score (nSPS) is 13.7. The Labute approximate surface area is 115 Å². The molecule has 0 heterocycles. The molecule has 0 aromatic carbocycles. The highest BCUT2D eigenvalue weighted by Gasteiger charge is 2.05. The predicted octanol–water partition coefficient (Wildman–Crippen LogP) is 1.31. The molecule has 0 spiro atoms. The lowest BCUT2D eigenvalue weighted by Gasteiger charge is -2.20. The minimum atomic E-state index is 0.0235.